The summed E-state index contributed by atoms with van der Waals surface area (Å²) in [5, 5.41) is 7.39. The van der Waals surface area contributed by atoms with E-state index in [0.717, 1.165) is 29.4 Å². The lowest BCUT2D eigenvalue weighted by atomic mass is 10.1. The van der Waals surface area contributed by atoms with Crippen LogP contribution >= 0.6 is 34.8 Å². The molecule has 0 aliphatic rings. The van der Waals surface area contributed by atoms with Crippen LogP contribution in [0.3, 0.4) is 0 Å². The smallest absolute Gasteiger partial charge is 0.103 e. The summed E-state index contributed by atoms with van der Waals surface area (Å²) in [5.41, 5.74) is 3.93. The lowest BCUT2D eigenvalue weighted by Gasteiger charge is -2.09. The highest BCUT2D eigenvalue weighted by Crippen LogP contribution is 2.34. The quantitative estimate of drug-likeness (QED) is 0.369. The Morgan fingerprint density at radius 2 is 1.42 bits per heavy atom. The molecular weight excluding hydrogens is 387 g/mol. The first kappa shape index (κ1) is 17.4. The van der Waals surface area contributed by atoms with Crippen LogP contribution < -0.4 is 0 Å². The maximum Gasteiger partial charge on any atom is 0.103 e. The molecule has 0 saturated carbocycles. The molecule has 3 aromatic carbocycles. The van der Waals surface area contributed by atoms with Gasteiger partial charge in [-0.3, -0.25) is 0 Å². The number of nitrogens with zero attached hydrogens (tertiary/aromatic N) is 2. The minimum atomic E-state index is 0.477. The molecule has 0 saturated heterocycles. The summed E-state index contributed by atoms with van der Waals surface area (Å²) in [5.74, 6) is 0. The van der Waals surface area contributed by atoms with Gasteiger partial charge in [-0.15, -0.1) is 0 Å². The fourth-order valence-electron chi connectivity index (χ4n) is 3.13. The zero-order chi connectivity index (χ0) is 18.1. The zero-order valence-corrected chi connectivity index (χ0v) is 16.1. The summed E-state index contributed by atoms with van der Waals surface area (Å²) in [6.45, 7) is 0. The fourth-order valence-corrected chi connectivity index (χ4v) is 4.11. The predicted molar refractivity (Wildman–Crippen MR) is 110 cm³/mol. The van der Waals surface area contributed by atoms with E-state index in [9.17, 15) is 0 Å². The molecule has 0 unspecified atom stereocenters. The largest absolute Gasteiger partial charge is 0.230 e. The van der Waals surface area contributed by atoms with Crippen LogP contribution in [0.25, 0.3) is 16.6 Å². The van der Waals surface area contributed by atoms with E-state index >= 15 is 0 Å². The Balaban J connectivity index is 1.80. The van der Waals surface area contributed by atoms with Gasteiger partial charge in [0, 0.05) is 10.4 Å². The molecule has 1 heterocycles. The van der Waals surface area contributed by atoms with Crippen molar-refractivity contribution in [3.63, 3.8) is 0 Å². The van der Waals surface area contributed by atoms with Gasteiger partial charge in [-0.1, -0.05) is 83.3 Å². The van der Waals surface area contributed by atoms with Crippen molar-refractivity contribution in [2.24, 2.45) is 0 Å². The van der Waals surface area contributed by atoms with Crippen LogP contribution in [0.15, 0.2) is 66.7 Å². The Labute approximate surface area is 166 Å². The molecule has 0 bridgehead atoms. The summed E-state index contributed by atoms with van der Waals surface area (Å²) in [6.07, 6.45) is 1.75. The fraction of sp³-hybridized carbons (Fsp3) is 0.0952. The molecule has 0 atom stereocenters. The number of halogens is 3. The first-order valence-electron chi connectivity index (χ1n) is 8.29. The van der Waals surface area contributed by atoms with E-state index in [1.54, 1.807) is 12.1 Å². The lowest BCUT2D eigenvalue weighted by Crippen LogP contribution is -2.00. The van der Waals surface area contributed by atoms with Crippen LogP contribution in [-0.2, 0) is 12.8 Å². The van der Waals surface area contributed by atoms with Gasteiger partial charge < -0.3 is 0 Å². The molecule has 0 aliphatic carbocycles. The second kappa shape index (κ2) is 7.32. The number of aromatic nitrogens is 2. The van der Waals surface area contributed by atoms with E-state index < -0.39 is 0 Å². The summed E-state index contributed by atoms with van der Waals surface area (Å²) in [4.78, 5) is 0. The predicted octanol–water partition coefficient (Wildman–Crippen LogP) is 6.77. The highest BCUT2D eigenvalue weighted by atomic mass is 35.5. The molecule has 0 radical (unpaired) electrons. The number of hydrogen-bond donors (Lipinski definition) is 0. The Morgan fingerprint density at radius 3 is 2.15 bits per heavy atom. The van der Waals surface area contributed by atoms with E-state index in [0.29, 0.717) is 20.8 Å². The third-order valence-corrected chi connectivity index (χ3v) is 5.15. The SMILES string of the molecule is Clc1cc(Cl)c(-n2nc(CCc3ccccc3)c3ccccc32)c(Cl)c1. The van der Waals surface area contributed by atoms with Gasteiger partial charge in [0.05, 0.1) is 21.3 Å². The van der Waals surface area contributed by atoms with E-state index in [4.69, 9.17) is 39.9 Å². The van der Waals surface area contributed by atoms with Gasteiger partial charge >= 0.3 is 0 Å². The molecule has 5 heteroatoms. The number of fused-ring (bicyclic) bond motifs is 1. The van der Waals surface area contributed by atoms with Crippen molar-refractivity contribution in [1.29, 1.82) is 0 Å². The topological polar surface area (TPSA) is 17.8 Å². The minimum absolute atomic E-state index is 0.477. The van der Waals surface area contributed by atoms with E-state index in [2.05, 4.69) is 30.3 Å². The molecule has 0 aliphatic heterocycles. The van der Waals surface area contributed by atoms with E-state index in [-0.39, 0.29) is 0 Å². The third kappa shape index (κ3) is 3.33. The first-order valence-corrected chi connectivity index (χ1v) is 9.42. The second-order valence-corrected chi connectivity index (χ2v) is 7.33. The third-order valence-electron chi connectivity index (χ3n) is 4.35. The molecule has 2 nitrogen and oxygen atoms in total. The highest BCUT2D eigenvalue weighted by Gasteiger charge is 2.17. The standard InChI is InChI=1S/C21H15Cl3N2/c22-15-12-17(23)21(18(24)13-15)26-20-9-5-4-8-16(20)19(25-26)11-10-14-6-2-1-3-7-14/h1-9,12-13H,10-11H2. The molecule has 4 rings (SSSR count). The van der Waals surface area contributed by atoms with Gasteiger partial charge in [0.25, 0.3) is 0 Å². The molecule has 0 spiro atoms. The first-order chi connectivity index (χ1) is 12.6. The normalized spacial score (nSPS) is 11.2. The minimum Gasteiger partial charge on any atom is -0.230 e. The molecule has 0 amide bonds. The summed E-state index contributed by atoms with van der Waals surface area (Å²) in [7, 11) is 0. The summed E-state index contributed by atoms with van der Waals surface area (Å²) < 4.78 is 1.82. The van der Waals surface area contributed by atoms with Crippen molar-refractivity contribution in [2.45, 2.75) is 12.8 Å². The zero-order valence-electron chi connectivity index (χ0n) is 13.8. The van der Waals surface area contributed by atoms with Crippen LogP contribution in [0, 0.1) is 0 Å². The second-order valence-electron chi connectivity index (χ2n) is 6.08. The van der Waals surface area contributed by atoms with Crippen molar-refractivity contribution < 1.29 is 0 Å². The van der Waals surface area contributed by atoms with Crippen LogP contribution in [0.5, 0.6) is 0 Å². The molecule has 1 aromatic heterocycles. The van der Waals surface area contributed by atoms with Gasteiger partial charge in [-0.05, 0) is 36.6 Å². The van der Waals surface area contributed by atoms with E-state index in [1.165, 1.54) is 5.56 Å². The Hall–Kier alpha value is -2.00. The number of benzene rings is 3. The average molecular weight is 402 g/mol. The Morgan fingerprint density at radius 1 is 0.769 bits per heavy atom. The van der Waals surface area contributed by atoms with Crippen molar-refractivity contribution in [3.8, 4) is 5.69 Å². The molecule has 0 fully saturated rings. The monoisotopic (exact) mass is 400 g/mol. The van der Waals surface area contributed by atoms with Gasteiger partial charge in [0.1, 0.15) is 5.69 Å². The van der Waals surface area contributed by atoms with Gasteiger partial charge in [0.15, 0.2) is 0 Å². The van der Waals surface area contributed by atoms with Gasteiger partial charge in [-0.25, -0.2) is 4.68 Å². The molecule has 4 aromatic rings. The lowest BCUT2D eigenvalue weighted by molar-refractivity contribution is 0.833. The highest BCUT2D eigenvalue weighted by molar-refractivity contribution is 6.40. The van der Waals surface area contributed by atoms with Crippen molar-refractivity contribution in [1.82, 2.24) is 9.78 Å². The molecular formula is C21H15Cl3N2. The molecule has 130 valence electrons. The number of aryl methyl sites for hydroxylation is 2. The maximum absolute atomic E-state index is 6.42. The molecule has 26 heavy (non-hydrogen) atoms. The van der Waals surface area contributed by atoms with Crippen LogP contribution in [0.2, 0.25) is 15.1 Å². The van der Waals surface area contributed by atoms with Gasteiger partial charge in [-0.2, -0.15) is 5.10 Å². The number of hydrogen-bond acceptors (Lipinski definition) is 1. The van der Waals surface area contributed by atoms with Crippen molar-refractivity contribution in [3.05, 3.63) is 93.1 Å². The average Bonchev–Trinajstić information content (AvgIpc) is 2.99. The molecule has 0 N–H and O–H groups in total. The number of rotatable bonds is 4. The van der Waals surface area contributed by atoms with Crippen LogP contribution in [-0.4, -0.2) is 9.78 Å². The van der Waals surface area contributed by atoms with Crippen LogP contribution in [0.4, 0.5) is 0 Å². The van der Waals surface area contributed by atoms with Crippen molar-refractivity contribution >= 4 is 45.7 Å². The summed E-state index contributed by atoms with van der Waals surface area (Å²) in [6, 6.07) is 21.9. The van der Waals surface area contributed by atoms with Crippen LogP contribution in [0.1, 0.15) is 11.3 Å². The Bertz CT molecular complexity index is 1050. The Kier molecular flexibility index (Phi) is 4.90. The summed E-state index contributed by atoms with van der Waals surface area (Å²) >= 11 is 18.9. The maximum atomic E-state index is 6.42. The van der Waals surface area contributed by atoms with E-state index in [1.807, 2.05) is 28.9 Å². The number of para-hydroxylation sites is 1. The van der Waals surface area contributed by atoms with Gasteiger partial charge in [0.2, 0.25) is 0 Å². The van der Waals surface area contributed by atoms with Crippen molar-refractivity contribution in [2.75, 3.05) is 0 Å².